The summed E-state index contributed by atoms with van der Waals surface area (Å²) in [6.07, 6.45) is 2.87. The van der Waals surface area contributed by atoms with E-state index in [1.54, 1.807) is 7.11 Å². The van der Waals surface area contributed by atoms with Crippen molar-refractivity contribution in [2.24, 2.45) is 5.92 Å². The minimum absolute atomic E-state index is 0.00586. The van der Waals surface area contributed by atoms with Gasteiger partial charge in [0.15, 0.2) is 0 Å². The minimum atomic E-state index is -0.0342. The van der Waals surface area contributed by atoms with Crippen molar-refractivity contribution in [1.29, 1.82) is 0 Å². The Kier molecular flexibility index (Phi) is 5.26. The van der Waals surface area contributed by atoms with E-state index in [1.807, 2.05) is 28.0 Å². The minimum Gasteiger partial charge on any atom is -0.496 e. The molecule has 2 aliphatic rings. The first-order chi connectivity index (χ1) is 12.3. The van der Waals surface area contributed by atoms with E-state index in [9.17, 15) is 9.59 Å². The molecule has 1 aromatic carbocycles. The molecule has 1 heterocycles. The Morgan fingerprint density at radius 1 is 1.04 bits per heavy atom. The molecule has 1 aliphatic heterocycles. The zero-order valence-electron chi connectivity index (χ0n) is 16.4. The molecule has 0 bridgehead atoms. The molecule has 0 radical (unpaired) electrons. The van der Waals surface area contributed by atoms with Gasteiger partial charge < -0.3 is 14.5 Å². The van der Waals surface area contributed by atoms with Gasteiger partial charge in [-0.2, -0.15) is 0 Å². The predicted molar refractivity (Wildman–Crippen MR) is 102 cm³/mol. The number of nitrogens with zero attached hydrogens (tertiary/aromatic N) is 2. The van der Waals surface area contributed by atoms with E-state index >= 15 is 0 Å². The lowest BCUT2D eigenvalue weighted by Gasteiger charge is -2.25. The fraction of sp³-hybridized carbons (Fsp3) is 0.619. The van der Waals surface area contributed by atoms with Gasteiger partial charge >= 0.3 is 0 Å². The van der Waals surface area contributed by atoms with Gasteiger partial charge in [-0.05, 0) is 42.4 Å². The van der Waals surface area contributed by atoms with Crippen molar-refractivity contribution in [3.63, 3.8) is 0 Å². The van der Waals surface area contributed by atoms with Gasteiger partial charge in [0.2, 0.25) is 5.91 Å². The molecular weight excluding hydrogens is 328 g/mol. The van der Waals surface area contributed by atoms with Crippen LogP contribution in [0.3, 0.4) is 0 Å². The normalized spacial score (nSPS) is 18.5. The lowest BCUT2D eigenvalue weighted by atomic mass is 9.86. The van der Waals surface area contributed by atoms with Crippen LogP contribution in [0, 0.1) is 5.92 Å². The molecule has 5 heteroatoms. The first-order valence-corrected chi connectivity index (χ1v) is 9.58. The van der Waals surface area contributed by atoms with Crippen LogP contribution in [0.15, 0.2) is 18.2 Å². The van der Waals surface area contributed by atoms with Gasteiger partial charge in [-0.15, -0.1) is 0 Å². The lowest BCUT2D eigenvalue weighted by Crippen LogP contribution is -2.38. The van der Waals surface area contributed by atoms with Crippen molar-refractivity contribution in [2.75, 3.05) is 33.3 Å². The molecule has 0 unspecified atom stereocenters. The van der Waals surface area contributed by atoms with Crippen molar-refractivity contribution in [2.45, 2.75) is 45.4 Å². The number of carbonyl (C=O) groups excluding carboxylic acids is 2. The van der Waals surface area contributed by atoms with Crippen LogP contribution in [0.25, 0.3) is 0 Å². The number of carbonyl (C=O) groups is 2. The number of hydrogen-bond acceptors (Lipinski definition) is 3. The number of ether oxygens (including phenoxy) is 1. The molecule has 1 aromatic rings. The molecule has 3 rings (SSSR count). The van der Waals surface area contributed by atoms with Gasteiger partial charge in [-0.3, -0.25) is 9.59 Å². The highest BCUT2D eigenvalue weighted by molar-refractivity contribution is 5.97. The number of rotatable bonds is 3. The fourth-order valence-corrected chi connectivity index (χ4v) is 3.44. The van der Waals surface area contributed by atoms with Crippen molar-refractivity contribution < 1.29 is 14.3 Å². The maximum absolute atomic E-state index is 13.2. The third-order valence-corrected chi connectivity index (χ3v) is 5.32. The van der Waals surface area contributed by atoms with E-state index in [2.05, 4.69) is 20.8 Å². The first kappa shape index (κ1) is 18.7. The van der Waals surface area contributed by atoms with Crippen LogP contribution in [0.2, 0.25) is 0 Å². The number of methoxy groups -OCH3 is 1. The van der Waals surface area contributed by atoms with Crippen LogP contribution in [-0.4, -0.2) is 54.9 Å². The Balaban J connectivity index is 1.77. The van der Waals surface area contributed by atoms with E-state index in [0.717, 1.165) is 31.4 Å². The van der Waals surface area contributed by atoms with Crippen LogP contribution >= 0.6 is 0 Å². The van der Waals surface area contributed by atoms with Crippen LogP contribution < -0.4 is 4.74 Å². The Morgan fingerprint density at radius 3 is 2.31 bits per heavy atom. The van der Waals surface area contributed by atoms with Gasteiger partial charge in [-0.1, -0.05) is 26.8 Å². The second kappa shape index (κ2) is 7.29. The summed E-state index contributed by atoms with van der Waals surface area (Å²) in [6, 6.07) is 5.86. The van der Waals surface area contributed by atoms with E-state index in [4.69, 9.17) is 4.74 Å². The van der Waals surface area contributed by atoms with Crippen LogP contribution in [0.1, 0.15) is 56.0 Å². The summed E-state index contributed by atoms with van der Waals surface area (Å²) in [5.41, 5.74) is 1.69. The third-order valence-electron chi connectivity index (χ3n) is 5.32. The average molecular weight is 358 g/mol. The Hall–Kier alpha value is -2.04. The molecule has 26 heavy (non-hydrogen) atoms. The summed E-state index contributed by atoms with van der Waals surface area (Å²) in [5.74, 6) is 1.11. The van der Waals surface area contributed by atoms with Crippen LogP contribution in [-0.2, 0) is 10.2 Å². The maximum atomic E-state index is 13.2. The summed E-state index contributed by atoms with van der Waals surface area (Å²) in [7, 11) is 1.60. The van der Waals surface area contributed by atoms with Crippen molar-refractivity contribution >= 4 is 11.8 Å². The zero-order chi connectivity index (χ0) is 18.9. The van der Waals surface area contributed by atoms with E-state index in [0.29, 0.717) is 30.9 Å². The maximum Gasteiger partial charge on any atom is 0.257 e. The molecule has 0 atom stereocenters. The summed E-state index contributed by atoms with van der Waals surface area (Å²) < 4.78 is 5.44. The molecule has 2 amide bonds. The molecule has 0 N–H and O–H groups in total. The van der Waals surface area contributed by atoms with Gasteiger partial charge in [0.25, 0.3) is 5.91 Å². The number of amides is 2. The van der Waals surface area contributed by atoms with E-state index in [-0.39, 0.29) is 23.1 Å². The van der Waals surface area contributed by atoms with E-state index in [1.165, 1.54) is 0 Å². The summed E-state index contributed by atoms with van der Waals surface area (Å²) in [5, 5.41) is 0. The zero-order valence-corrected chi connectivity index (χ0v) is 16.4. The molecule has 1 aliphatic carbocycles. The van der Waals surface area contributed by atoms with E-state index < -0.39 is 0 Å². The molecule has 1 saturated carbocycles. The highest BCUT2D eigenvalue weighted by Crippen LogP contribution is 2.32. The standard InChI is InChI=1S/C21H30N2O3/c1-21(2,3)16-8-9-18(26-4)17(14-16)20(25)23-11-5-10-22(12-13-23)19(24)15-6-7-15/h8-9,14-15H,5-7,10-13H2,1-4H3. The van der Waals surface area contributed by atoms with Gasteiger partial charge in [-0.25, -0.2) is 0 Å². The average Bonchev–Trinajstić information content (AvgIpc) is 3.45. The predicted octanol–water partition coefficient (Wildman–Crippen LogP) is 3.08. The Morgan fingerprint density at radius 2 is 1.69 bits per heavy atom. The topological polar surface area (TPSA) is 49.9 Å². The van der Waals surface area contributed by atoms with Crippen molar-refractivity contribution in [3.05, 3.63) is 29.3 Å². The monoisotopic (exact) mass is 358 g/mol. The number of benzene rings is 1. The Bertz CT molecular complexity index is 689. The molecule has 2 fully saturated rings. The summed E-state index contributed by atoms with van der Waals surface area (Å²) in [6.45, 7) is 9.04. The Labute approximate surface area is 156 Å². The van der Waals surface area contributed by atoms with Crippen molar-refractivity contribution in [3.8, 4) is 5.75 Å². The van der Waals surface area contributed by atoms with Crippen LogP contribution in [0.5, 0.6) is 5.75 Å². The molecular formula is C21H30N2O3. The highest BCUT2D eigenvalue weighted by atomic mass is 16.5. The SMILES string of the molecule is COc1ccc(C(C)(C)C)cc1C(=O)N1CCCN(C(=O)C2CC2)CC1. The summed E-state index contributed by atoms with van der Waals surface area (Å²) in [4.78, 5) is 29.3. The van der Waals surface area contributed by atoms with Gasteiger partial charge in [0.05, 0.1) is 12.7 Å². The number of hydrogen-bond donors (Lipinski definition) is 0. The highest BCUT2D eigenvalue weighted by Gasteiger charge is 2.34. The first-order valence-electron chi connectivity index (χ1n) is 9.58. The third kappa shape index (κ3) is 4.02. The molecule has 1 saturated heterocycles. The summed E-state index contributed by atoms with van der Waals surface area (Å²) >= 11 is 0. The van der Waals surface area contributed by atoms with Crippen LogP contribution in [0.4, 0.5) is 0 Å². The van der Waals surface area contributed by atoms with Crippen molar-refractivity contribution in [1.82, 2.24) is 9.80 Å². The largest absolute Gasteiger partial charge is 0.496 e. The second-order valence-electron chi connectivity index (χ2n) is 8.41. The fourth-order valence-electron chi connectivity index (χ4n) is 3.44. The lowest BCUT2D eigenvalue weighted by molar-refractivity contribution is -0.132. The molecule has 142 valence electrons. The van der Waals surface area contributed by atoms with Gasteiger partial charge in [0.1, 0.15) is 5.75 Å². The second-order valence-corrected chi connectivity index (χ2v) is 8.41. The van der Waals surface area contributed by atoms with Gasteiger partial charge in [0, 0.05) is 32.1 Å². The quantitative estimate of drug-likeness (QED) is 0.834. The molecule has 0 spiro atoms. The molecule has 0 aromatic heterocycles. The smallest absolute Gasteiger partial charge is 0.257 e. The molecule has 5 nitrogen and oxygen atoms in total.